The summed E-state index contributed by atoms with van der Waals surface area (Å²) in [6.07, 6.45) is 0.213. The van der Waals surface area contributed by atoms with Gasteiger partial charge < -0.3 is 10.4 Å². The number of nitrogens with one attached hydrogen (secondary N) is 1. The molecule has 0 fully saturated rings. The van der Waals surface area contributed by atoms with Crippen molar-refractivity contribution in [3.63, 3.8) is 0 Å². The Morgan fingerprint density at radius 3 is 2.52 bits per heavy atom. The van der Waals surface area contributed by atoms with Gasteiger partial charge in [0.05, 0.1) is 4.92 Å². The molecule has 7 nitrogen and oxygen atoms in total. The van der Waals surface area contributed by atoms with Gasteiger partial charge in [0.2, 0.25) is 5.82 Å². The number of hydrogen-bond donors (Lipinski definition) is 2. The molecule has 0 saturated heterocycles. The molecule has 1 rings (SSSR count). The van der Waals surface area contributed by atoms with Gasteiger partial charge in [-0.1, -0.05) is 13.8 Å². The Morgan fingerprint density at radius 2 is 2.05 bits per heavy atom. The van der Waals surface area contributed by atoms with Gasteiger partial charge in [-0.15, -0.1) is 0 Å². The van der Waals surface area contributed by atoms with Crippen LogP contribution in [0.4, 0.5) is 10.1 Å². The molecule has 0 aliphatic heterocycles. The third-order valence-corrected chi connectivity index (χ3v) is 2.72. The van der Waals surface area contributed by atoms with Crippen molar-refractivity contribution in [1.29, 1.82) is 0 Å². The minimum absolute atomic E-state index is 0.0361. The standard InChI is InChI=1S/C13H15FN2O5/c1-7(2)5-10(13(18)19)15-12(17)8-3-4-9(14)11(6-8)16(20)21/h3-4,6-7,10H,5H2,1-2H3,(H,15,17)(H,18,19). The summed E-state index contributed by atoms with van der Waals surface area (Å²) in [6, 6.07) is 1.53. The van der Waals surface area contributed by atoms with Crippen LogP contribution in [0.2, 0.25) is 0 Å². The van der Waals surface area contributed by atoms with Crippen molar-refractivity contribution >= 4 is 17.6 Å². The number of hydrogen-bond acceptors (Lipinski definition) is 4. The number of carbonyl (C=O) groups excluding carboxylic acids is 1. The highest BCUT2D eigenvalue weighted by atomic mass is 19.1. The molecule has 0 saturated carbocycles. The Kier molecular flexibility index (Phi) is 5.34. The number of aliphatic carboxylic acids is 1. The Bertz CT molecular complexity index is 574. The van der Waals surface area contributed by atoms with Crippen LogP contribution in [0.3, 0.4) is 0 Å². The van der Waals surface area contributed by atoms with Gasteiger partial charge >= 0.3 is 11.7 Å². The first-order valence-electron chi connectivity index (χ1n) is 6.20. The third kappa shape index (κ3) is 4.51. The number of carbonyl (C=O) groups is 2. The Balaban J connectivity index is 2.95. The maximum atomic E-state index is 13.2. The maximum Gasteiger partial charge on any atom is 0.326 e. The zero-order valence-electron chi connectivity index (χ0n) is 11.5. The van der Waals surface area contributed by atoms with Crippen molar-refractivity contribution in [1.82, 2.24) is 5.32 Å². The zero-order valence-corrected chi connectivity index (χ0v) is 11.5. The number of carboxylic acid groups (broad SMARTS) is 1. The largest absolute Gasteiger partial charge is 0.480 e. The first-order valence-corrected chi connectivity index (χ1v) is 6.20. The fraction of sp³-hybridized carbons (Fsp3) is 0.385. The van der Waals surface area contributed by atoms with E-state index >= 15 is 0 Å². The van der Waals surface area contributed by atoms with Gasteiger partial charge in [-0.05, 0) is 24.5 Å². The predicted molar refractivity (Wildman–Crippen MR) is 71.4 cm³/mol. The van der Waals surface area contributed by atoms with Crippen molar-refractivity contribution in [3.05, 3.63) is 39.7 Å². The van der Waals surface area contributed by atoms with Crippen LogP contribution in [0.15, 0.2) is 18.2 Å². The lowest BCUT2D eigenvalue weighted by molar-refractivity contribution is -0.387. The van der Waals surface area contributed by atoms with Crippen molar-refractivity contribution in [2.75, 3.05) is 0 Å². The van der Waals surface area contributed by atoms with Gasteiger partial charge in [0.1, 0.15) is 6.04 Å². The van der Waals surface area contributed by atoms with Gasteiger partial charge in [-0.25, -0.2) is 4.79 Å². The molecule has 1 aromatic carbocycles. The molecule has 1 aromatic rings. The van der Waals surface area contributed by atoms with Crippen LogP contribution in [-0.2, 0) is 4.79 Å². The average molecular weight is 298 g/mol. The highest BCUT2D eigenvalue weighted by Crippen LogP contribution is 2.18. The first kappa shape index (κ1) is 16.5. The number of nitro benzene ring substituents is 1. The van der Waals surface area contributed by atoms with Crippen LogP contribution in [0.25, 0.3) is 0 Å². The lowest BCUT2D eigenvalue weighted by Gasteiger charge is -2.16. The van der Waals surface area contributed by atoms with Gasteiger partial charge in [0.15, 0.2) is 0 Å². The van der Waals surface area contributed by atoms with Crippen LogP contribution < -0.4 is 5.32 Å². The molecule has 114 valence electrons. The van der Waals surface area contributed by atoms with Crippen molar-refractivity contribution < 1.29 is 24.0 Å². The van der Waals surface area contributed by atoms with E-state index in [0.717, 1.165) is 18.2 Å². The molecule has 0 bridgehead atoms. The maximum absolute atomic E-state index is 13.2. The molecule has 0 aromatic heterocycles. The fourth-order valence-electron chi connectivity index (χ4n) is 1.73. The topological polar surface area (TPSA) is 110 Å². The molecule has 8 heteroatoms. The molecular weight excluding hydrogens is 283 g/mol. The monoisotopic (exact) mass is 298 g/mol. The van der Waals surface area contributed by atoms with Crippen LogP contribution >= 0.6 is 0 Å². The molecule has 0 heterocycles. The number of benzene rings is 1. The minimum Gasteiger partial charge on any atom is -0.480 e. The summed E-state index contributed by atoms with van der Waals surface area (Å²) in [6.45, 7) is 3.59. The van der Waals surface area contributed by atoms with Gasteiger partial charge in [-0.2, -0.15) is 4.39 Å². The second-order valence-electron chi connectivity index (χ2n) is 4.92. The van der Waals surface area contributed by atoms with E-state index in [-0.39, 0.29) is 17.9 Å². The highest BCUT2D eigenvalue weighted by Gasteiger charge is 2.23. The smallest absolute Gasteiger partial charge is 0.326 e. The summed E-state index contributed by atoms with van der Waals surface area (Å²) in [7, 11) is 0. The number of amides is 1. The van der Waals surface area contributed by atoms with Gasteiger partial charge in [0.25, 0.3) is 5.91 Å². The van der Waals surface area contributed by atoms with E-state index in [1.54, 1.807) is 13.8 Å². The van der Waals surface area contributed by atoms with E-state index < -0.39 is 34.3 Å². The Labute approximate surface area is 119 Å². The molecule has 0 aliphatic carbocycles. The normalized spacial score (nSPS) is 12.0. The van der Waals surface area contributed by atoms with E-state index in [1.165, 1.54) is 0 Å². The van der Waals surface area contributed by atoms with Crippen molar-refractivity contribution in [3.8, 4) is 0 Å². The summed E-state index contributed by atoms with van der Waals surface area (Å²) >= 11 is 0. The highest BCUT2D eigenvalue weighted by molar-refractivity contribution is 5.97. The number of nitro groups is 1. The van der Waals surface area contributed by atoms with E-state index in [0.29, 0.717) is 0 Å². The lowest BCUT2D eigenvalue weighted by Crippen LogP contribution is -2.41. The number of nitrogens with zero attached hydrogens (tertiary/aromatic N) is 1. The zero-order chi connectivity index (χ0) is 16.2. The summed E-state index contributed by atoms with van der Waals surface area (Å²) in [5.41, 5.74) is -1.00. The van der Waals surface area contributed by atoms with Crippen LogP contribution in [0, 0.1) is 21.8 Å². The van der Waals surface area contributed by atoms with Crippen LogP contribution in [0.1, 0.15) is 30.6 Å². The van der Waals surface area contributed by atoms with E-state index in [2.05, 4.69) is 5.32 Å². The quantitative estimate of drug-likeness (QED) is 0.616. The van der Waals surface area contributed by atoms with E-state index in [1.807, 2.05) is 0 Å². The molecular formula is C13H15FN2O5. The van der Waals surface area contributed by atoms with Crippen LogP contribution in [0.5, 0.6) is 0 Å². The lowest BCUT2D eigenvalue weighted by atomic mass is 10.0. The minimum atomic E-state index is -1.20. The first-order chi connectivity index (χ1) is 9.72. The molecule has 0 aliphatic rings. The van der Waals surface area contributed by atoms with E-state index in [4.69, 9.17) is 5.11 Å². The molecule has 21 heavy (non-hydrogen) atoms. The number of carboxylic acids is 1. The summed E-state index contributed by atoms with van der Waals surface area (Å²) in [4.78, 5) is 32.6. The summed E-state index contributed by atoms with van der Waals surface area (Å²) in [5, 5.41) is 21.9. The summed E-state index contributed by atoms with van der Waals surface area (Å²) < 4.78 is 13.2. The Morgan fingerprint density at radius 1 is 1.43 bits per heavy atom. The van der Waals surface area contributed by atoms with Crippen LogP contribution in [-0.4, -0.2) is 27.9 Å². The second kappa shape index (κ2) is 6.78. The molecule has 1 atom stereocenters. The second-order valence-corrected chi connectivity index (χ2v) is 4.92. The predicted octanol–water partition coefficient (Wildman–Crippen LogP) is 1.96. The molecule has 1 amide bonds. The SMILES string of the molecule is CC(C)CC(NC(=O)c1ccc(F)c([N+](=O)[O-])c1)C(=O)O. The van der Waals surface area contributed by atoms with Crippen molar-refractivity contribution in [2.24, 2.45) is 5.92 Å². The molecule has 1 unspecified atom stereocenters. The number of rotatable bonds is 6. The van der Waals surface area contributed by atoms with Crippen molar-refractivity contribution in [2.45, 2.75) is 26.3 Å². The van der Waals surface area contributed by atoms with Gasteiger partial charge in [0, 0.05) is 11.6 Å². The summed E-state index contributed by atoms with van der Waals surface area (Å²) in [5.74, 6) is -3.03. The molecule has 0 radical (unpaired) electrons. The fourth-order valence-corrected chi connectivity index (χ4v) is 1.73. The van der Waals surface area contributed by atoms with E-state index in [9.17, 15) is 24.1 Å². The third-order valence-electron chi connectivity index (χ3n) is 2.72. The van der Waals surface area contributed by atoms with Gasteiger partial charge in [-0.3, -0.25) is 14.9 Å². The number of halogens is 1. The molecule has 2 N–H and O–H groups in total. The Hall–Kier alpha value is -2.51. The molecule has 0 spiro atoms. The average Bonchev–Trinajstić information content (AvgIpc) is 2.37.